The number of hydrogen-bond acceptors (Lipinski definition) is 5. The van der Waals surface area contributed by atoms with Crippen molar-refractivity contribution in [3.63, 3.8) is 0 Å². The van der Waals surface area contributed by atoms with Gasteiger partial charge in [-0.15, -0.1) is 0 Å². The van der Waals surface area contributed by atoms with Crippen molar-refractivity contribution in [1.82, 2.24) is 14.3 Å². The van der Waals surface area contributed by atoms with E-state index in [9.17, 15) is 8.42 Å². The lowest BCUT2D eigenvalue weighted by Crippen LogP contribution is -2.31. The maximum atomic E-state index is 11.6. The third-order valence-corrected chi connectivity index (χ3v) is 4.89. The number of hydrogen-bond donors (Lipinski definition) is 1. The molecule has 1 aromatic rings. The topological polar surface area (TPSA) is 75.2 Å². The Labute approximate surface area is 107 Å². The predicted octanol–water partition coefficient (Wildman–Crippen LogP) is 0.541. The van der Waals surface area contributed by atoms with Crippen LogP contribution in [0.4, 0.5) is 5.82 Å². The van der Waals surface area contributed by atoms with Crippen LogP contribution < -0.4 is 5.32 Å². The van der Waals surface area contributed by atoms with Crippen molar-refractivity contribution in [2.45, 2.75) is 20.3 Å². The molecular formula is C11H18N4O2S. The lowest BCUT2D eigenvalue weighted by molar-refractivity contribution is 0.456. The lowest BCUT2D eigenvalue weighted by atomic mass is 10.4. The van der Waals surface area contributed by atoms with Gasteiger partial charge in [-0.3, -0.25) is 4.98 Å². The molecular weight excluding hydrogens is 252 g/mol. The summed E-state index contributed by atoms with van der Waals surface area (Å²) in [6.45, 7) is 5.42. The largest absolute Gasteiger partial charge is 0.367 e. The Morgan fingerprint density at radius 2 is 2.22 bits per heavy atom. The van der Waals surface area contributed by atoms with Gasteiger partial charge in [-0.2, -0.15) is 0 Å². The number of aryl methyl sites for hydroxylation is 2. The Morgan fingerprint density at radius 3 is 2.89 bits per heavy atom. The highest BCUT2D eigenvalue weighted by Crippen LogP contribution is 2.13. The molecule has 0 amide bonds. The van der Waals surface area contributed by atoms with Crippen LogP contribution >= 0.6 is 0 Å². The molecule has 1 fully saturated rings. The van der Waals surface area contributed by atoms with Gasteiger partial charge in [-0.25, -0.2) is 17.7 Å². The van der Waals surface area contributed by atoms with Crippen molar-refractivity contribution >= 4 is 15.8 Å². The third-order valence-electron chi connectivity index (χ3n) is 2.93. The first kappa shape index (κ1) is 13.2. The summed E-state index contributed by atoms with van der Waals surface area (Å²) in [7, 11) is -3.00. The molecule has 100 valence electrons. The Bertz CT molecular complexity index is 530. The van der Waals surface area contributed by atoms with Gasteiger partial charge >= 0.3 is 0 Å². The van der Waals surface area contributed by atoms with Crippen molar-refractivity contribution in [3.05, 3.63) is 17.6 Å². The minimum absolute atomic E-state index is 0.274. The summed E-state index contributed by atoms with van der Waals surface area (Å²) in [6.07, 6.45) is 2.44. The van der Waals surface area contributed by atoms with Gasteiger partial charge in [-0.1, -0.05) is 0 Å². The number of rotatable bonds is 4. The zero-order chi connectivity index (χ0) is 13.2. The van der Waals surface area contributed by atoms with E-state index in [0.29, 0.717) is 19.6 Å². The monoisotopic (exact) mass is 270 g/mol. The van der Waals surface area contributed by atoms with E-state index in [1.807, 2.05) is 13.8 Å². The molecule has 0 aromatic carbocycles. The van der Waals surface area contributed by atoms with Crippen LogP contribution in [-0.2, 0) is 10.0 Å². The van der Waals surface area contributed by atoms with Crippen LogP contribution in [0.5, 0.6) is 0 Å². The smallest absolute Gasteiger partial charge is 0.214 e. The van der Waals surface area contributed by atoms with Gasteiger partial charge in [0.1, 0.15) is 5.82 Å². The maximum Gasteiger partial charge on any atom is 0.214 e. The van der Waals surface area contributed by atoms with Gasteiger partial charge in [0.2, 0.25) is 10.0 Å². The molecule has 0 unspecified atom stereocenters. The zero-order valence-electron chi connectivity index (χ0n) is 10.7. The zero-order valence-corrected chi connectivity index (χ0v) is 11.5. The predicted molar refractivity (Wildman–Crippen MR) is 70.0 cm³/mol. The minimum Gasteiger partial charge on any atom is -0.367 e. The molecule has 1 saturated heterocycles. The molecule has 0 bridgehead atoms. The van der Waals surface area contributed by atoms with Crippen LogP contribution in [0.2, 0.25) is 0 Å². The second-order valence-electron chi connectivity index (χ2n) is 4.44. The van der Waals surface area contributed by atoms with E-state index in [4.69, 9.17) is 0 Å². The maximum absolute atomic E-state index is 11.6. The first-order chi connectivity index (χ1) is 8.49. The molecule has 1 aliphatic heterocycles. The molecule has 0 aliphatic carbocycles. The molecule has 2 heterocycles. The van der Waals surface area contributed by atoms with E-state index in [2.05, 4.69) is 15.3 Å². The fraction of sp³-hybridized carbons (Fsp3) is 0.636. The SMILES string of the molecule is Cc1cnc(C)c(NCCN2CCCS2(=O)=O)n1. The fourth-order valence-corrected chi connectivity index (χ4v) is 3.48. The lowest BCUT2D eigenvalue weighted by Gasteiger charge is -2.15. The average Bonchev–Trinajstić information content (AvgIpc) is 2.63. The summed E-state index contributed by atoms with van der Waals surface area (Å²) in [6, 6.07) is 0. The van der Waals surface area contributed by atoms with Crippen LogP contribution in [0.25, 0.3) is 0 Å². The van der Waals surface area contributed by atoms with E-state index < -0.39 is 10.0 Å². The Morgan fingerprint density at radius 1 is 1.44 bits per heavy atom. The van der Waals surface area contributed by atoms with Crippen molar-refractivity contribution in [2.75, 3.05) is 30.7 Å². The normalized spacial score (nSPS) is 19.0. The molecule has 0 spiro atoms. The number of nitrogens with zero attached hydrogens (tertiary/aromatic N) is 3. The van der Waals surface area contributed by atoms with Crippen molar-refractivity contribution < 1.29 is 8.42 Å². The number of anilines is 1. The summed E-state index contributed by atoms with van der Waals surface area (Å²) in [5.41, 5.74) is 1.67. The second-order valence-corrected chi connectivity index (χ2v) is 6.53. The van der Waals surface area contributed by atoms with Crippen molar-refractivity contribution in [1.29, 1.82) is 0 Å². The highest BCUT2D eigenvalue weighted by Gasteiger charge is 2.27. The van der Waals surface area contributed by atoms with Crippen LogP contribution in [0.1, 0.15) is 17.8 Å². The van der Waals surface area contributed by atoms with Crippen molar-refractivity contribution in [2.24, 2.45) is 0 Å². The van der Waals surface area contributed by atoms with E-state index >= 15 is 0 Å². The summed E-state index contributed by atoms with van der Waals surface area (Å²) >= 11 is 0. The van der Waals surface area contributed by atoms with E-state index in [-0.39, 0.29) is 5.75 Å². The van der Waals surface area contributed by atoms with Crippen LogP contribution in [-0.4, -0.2) is 48.1 Å². The van der Waals surface area contributed by atoms with Gasteiger partial charge in [0.25, 0.3) is 0 Å². The molecule has 0 saturated carbocycles. The van der Waals surface area contributed by atoms with E-state index in [1.165, 1.54) is 4.31 Å². The van der Waals surface area contributed by atoms with E-state index in [0.717, 1.165) is 23.6 Å². The Hall–Kier alpha value is -1.21. The third kappa shape index (κ3) is 2.97. The van der Waals surface area contributed by atoms with Gasteiger partial charge in [0, 0.05) is 25.8 Å². The van der Waals surface area contributed by atoms with Gasteiger partial charge < -0.3 is 5.32 Å². The average molecular weight is 270 g/mol. The first-order valence-electron chi connectivity index (χ1n) is 6.01. The number of nitrogens with one attached hydrogen (secondary N) is 1. The summed E-state index contributed by atoms with van der Waals surface area (Å²) in [5, 5.41) is 3.14. The molecule has 2 rings (SSSR count). The summed E-state index contributed by atoms with van der Waals surface area (Å²) < 4.78 is 24.7. The molecule has 0 radical (unpaired) electrons. The summed E-state index contributed by atoms with van der Waals surface area (Å²) in [5.74, 6) is 1.00. The van der Waals surface area contributed by atoms with Gasteiger partial charge in [-0.05, 0) is 20.3 Å². The van der Waals surface area contributed by atoms with Crippen LogP contribution in [0, 0.1) is 13.8 Å². The molecule has 1 N–H and O–H groups in total. The molecule has 18 heavy (non-hydrogen) atoms. The standard InChI is InChI=1S/C11H18N4O2S/c1-9-8-13-10(2)11(14-9)12-4-6-15-5-3-7-18(15,16)17/h8H,3-7H2,1-2H3,(H,12,14). The molecule has 1 aromatic heterocycles. The van der Waals surface area contributed by atoms with Gasteiger partial charge in [0.15, 0.2) is 0 Å². The Kier molecular flexibility index (Phi) is 3.82. The minimum atomic E-state index is -3.00. The van der Waals surface area contributed by atoms with Crippen molar-refractivity contribution in [3.8, 4) is 0 Å². The molecule has 7 heteroatoms. The molecule has 0 atom stereocenters. The Balaban J connectivity index is 1.91. The molecule has 6 nitrogen and oxygen atoms in total. The number of aromatic nitrogens is 2. The quantitative estimate of drug-likeness (QED) is 0.864. The first-order valence-corrected chi connectivity index (χ1v) is 7.62. The molecule has 1 aliphatic rings. The van der Waals surface area contributed by atoms with Crippen LogP contribution in [0.15, 0.2) is 6.20 Å². The fourth-order valence-electron chi connectivity index (χ4n) is 1.95. The summed E-state index contributed by atoms with van der Waals surface area (Å²) in [4.78, 5) is 8.53. The van der Waals surface area contributed by atoms with Gasteiger partial charge in [0.05, 0.1) is 17.1 Å². The van der Waals surface area contributed by atoms with E-state index in [1.54, 1.807) is 6.20 Å². The second kappa shape index (κ2) is 5.19. The van der Waals surface area contributed by atoms with Crippen LogP contribution in [0.3, 0.4) is 0 Å². The highest BCUT2D eigenvalue weighted by molar-refractivity contribution is 7.89. The highest BCUT2D eigenvalue weighted by atomic mass is 32.2. The number of sulfonamides is 1.